The summed E-state index contributed by atoms with van der Waals surface area (Å²) in [7, 11) is 0. The molecule has 1 fully saturated rings. The SMILES string of the molecule is Cc1ccc(C(=O)C2CCN(C(=O)c3cc([N+](=O)[O-])ccc3I)CC2)cc1. The zero-order valence-corrected chi connectivity index (χ0v) is 17.0. The van der Waals surface area contributed by atoms with Gasteiger partial charge in [0.25, 0.3) is 11.6 Å². The molecule has 1 heterocycles. The summed E-state index contributed by atoms with van der Waals surface area (Å²) in [6, 6.07) is 11.9. The van der Waals surface area contributed by atoms with Gasteiger partial charge in [0.2, 0.25) is 0 Å². The minimum absolute atomic E-state index is 0.0943. The van der Waals surface area contributed by atoms with Crippen molar-refractivity contribution in [3.8, 4) is 0 Å². The van der Waals surface area contributed by atoms with Crippen LogP contribution in [0.4, 0.5) is 5.69 Å². The quantitative estimate of drug-likeness (QED) is 0.285. The smallest absolute Gasteiger partial charge is 0.270 e. The second kappa shape index (κ2) is 8.16. The van der Waals surface area contributed by atoms with E-state index in [4.69, 9.17) is 0 Å². The molecule has 1 aliphatic rings. The maximum Gasteiger partial charge on any atom is 0.270 e. The second-order valence-electron chi connectivity index (χ2n) is 6.72. The van der Waals surface area contributed by atoms with Crippen LogP contribution in [0.5, 0.6) is 0 Å². The van der Waals surface area contributed by atoms with E-state index in [-0.39, 0.29) is 23.3 Å². The number of nitro benzene ring substituents is 1. The lowest BCUT2D eigenvalue weighted by Crippen LogP contribution is -2.40. The molecule has 1 saturated heterocycles. The Labute approximate surface area is 170 Å². The summed E-state index contributed by atoms with van der Waals surface area (Å²) < 4.78 is 0.682. The van der Waals surface area contributed by atoms with Crippen LogP contribution in [0.25, 0.3) is 0 Å². The van der Waals surface area contributed by atoms with Gasteiger partial charge >= 0.3 is 0 Å². The van der Waals surface area contributed by atoms with E-state index in [0.29, 0.717) is 40.6 Å². The van der Waals surface area contributed by atoms with Gasteiger partial charge in [0.05, 0.1) is 10.5 Å². The summed E-state index contributed by atoms with van der Waals surface area (Å²) >= 11 is 2.01. The Morgan fingerprint density at radius 2 is 1.74 bits per heavy atom. The number of piperidine rings is 1. The third kappa shape index (κ3) is 4.35. The molecule has 0 atom stereocenters. The van der Waals surface area contributed by atoms with Crippen LogP contribution < -0.4 is 0 Å². The molecule has 0 spiro atoms. The molecule has 140 valence electrons. The van der Waals surface area contributed by atoms with Gasteiger partial charge in [-0.05, 0) is 48.4 Å². The normalized spacial score (nSPS) is 14.8. The molecule has 7 heteroatoms. The van der Waals surface area contributed by atoms with Gasteiger partial charge in [-0.3, -0.25) is 19.7 Å². The van der Waals surface area contributed by atoms with Crippen molar-refractivity contribution in [2.24, 2.45) is 5.92 Å². The van der Waals surface area contributed by atoms with Crippen molar-refractivity contribution >= 4 is 40.0 Å². The van der Waals surface area contributed by atoms with Gasteiger partial charge in [0.15, 0.2) is 5.78 Å². The fourth-order valence-electron chi connectivity index (χ4n) is 3.26. The van der Waals surface area contributed by atoms with E-state index in [9.17, 15) is 19.7 Å². The topological polar surface area (TPSA) is 80.5 Å². The molecule has 1 amide bonds. The number of halogens is 1. The van der Waals surface area contributed by atoms with Gasteiger partial charge in [-0.15, -0.1) is 0 Å². The summed E-state index contributed by atoms with van der Waals surface area (Å²) in [4.78, 5) is 37.6. The summed E-state index contributed by atoms with van der Waals surface area (Å²) in [5.74, 6) is -0.197. The highest BCUT2D eigenvalue weighted by Crippen LogP contribution is 2.26. The number of rotatable bonds is 4. The van der Waals surface area contributed by atoms with Crippen molar-refractivity contribution in [2.75, 3.05) is 13.1 Å². The predicted molar refractivity (Wildman–Crippen MR) is 110 cm³/mol. The first-order chi connectivity index (χ1) is 12.9. The van der Waals surface area contributed by atoms with E-state index in [2.05, 4.69) is 0 Å². The van der Waals surface area contributed by atoms with Gasteiger partial charge in [-0.1, -0.05) is 29.8 Å². The Kier molecular flexibility index (Phi) is 5.88. The highest BCUT2D eigenvalue weighted by Gasteiger charge is 2.29. The Morgan fingerprint density at radius 1 is 1.11 bits per heavy atom. The number of carbonyl (C=O) groups is 2. The number of hydrogen-bond donors (Lipinski definition) is 0. The minimum atomic E-state index is -0.501. The van der Waals surface area contributed by atoms with E-state index in [1.165, 1.54) is 12.1 Å². The summed E-state index contributed by atoms with van der Waals surface area (Å²) in [6.45, 7) is 2.92. The number of benzene rings is 2. The second-order valence-corrected chi connectivity index (χ2v) is 7.88. The summed E-state index contributed by atoms with van der Waals surface area (Å²) in [5, 5.41) is 11.0. The molecule has 0 unspecified atom stereocenters. The van der Waals surface area contributed by atoms with E-state index in [1.807, 2.05) is 53.8 Å². The zero-order valence-electron chi connectivity index (χ0n) is 14.9. The Balaban J connectivity index is 1.68. The summed E-state index contributed by atoms with van der Waals surface area (Å²) in [6.07, 6.45) is 1.20. The van der Waals surface area contributed by atoms with Crippen LogP contribution in [-0.2, 0) is 0 Å². The number of nitro groups is 1. The van der Waals surface area contributed by atoms with Crippen molar-refractivity contribution in [3.05, 3.63) is 72.8 Å². The molecular formula is C20H19IN2O4. The van der Waals surface area contributed by atoms with E-state index < -0.39 is 4.92 Å². The predicted octanol–water partition coefficient (Wildman–Crippen LogP) is 4.24. The molecule has 2 aromatic rings. The Morgan fingerprint density at radius 3 is 2.33 bits per heavy atom. The third-order valence-electron chi connectivity index (χ3n) is 4.88. The van der Waals surface area contributed by atoms with E-state index in [0.717, 1.165) is 5.56 Å². The molecule has 0 bridgehead atoms. The molecule has 0 aromatic heterocycles. The number of non-ortho nitro benzene ring substituents is 1. The van der Waals surface area contributed by atoms with Gasteiger partial charge in [0.1, 0.15) is 0 Å². The average molecular weight is 478 g/mol. The fraction of sp³-hybridized carbons (Fsp3) is 0.300. The molecule has 2 aromatic carbocycles. The number of nitrogens with zero attached hydrogens (tertiary/aromatic N) is 2. The first-order valence-corrected chi connectivity index (χ1v) is 9.79. The molecule has 0 N–H and O–H groups in total. The fourth-order valence-corrected chi connectivity index (χ4v) is 3.83. The van der Waals surface area contributed by atoms with E-state index >= 15 is 0 Å². The van der Waals surface area contributed by atoms with Crippen LogP contribution in [0.2, 0.25) is 0 Å². The van der Waals surface area contributed by atoms with E-state index in [1.54, 1.807) is 11.0 Å². The lowest BCUT2D eigenvalue weighted by molar-refractivity contribution is -0.384. The lowest BCUT2D eigenvalue weighted by Gasteiger charge is -2.31. The Hall–Kier alpha value is -2.29. The van der Waals surface area contributed by atoms with Crippen molar-refractivity contribution in [3.63, 3.8) is 0 Å². The maximum absolute atomic E-state index is 12.8. The molecule has 0 saturated carbocycles. The monoisotopic (exact) mass is 478 g/mol. The van der Waals surface area contributed by atoms with Crippen LogP contribution in [0, 0.1) is 26.5 Å². The zero-order chi connectivity index (χ0) is 19.6. The minimum Gasteiger partial charge on any atom is -0.339 e. The number of likely N-dealkylation sites (tertiary alicyclic amines) is 1. The number of Topliss-reactive ketones (excluding diaryl/α,β-unsaturated/α-hetero) is 1. The molecule has 1 aliphatic heterocycles. The van der Waals surface area contributed by atoms with Crippen LogP contribution >= 0.6 is 22.6 Å². The lowest BCUT2D eigenvalue weighted by atomic mass is 9.88. The van der Waals surface area contributed by atoms with Gasteiger partial charge in [-0.25, -0.2) is 0 Å². The molecule has 0 radical (unpaired) electrons. The van der Waals surface area contributed by atoms with Gasteiger partial charge in [0, 0.05) is 40.3 Å². The van der Waals surface area contributed by atoms with Gasteiger partial charge in [-0.2, -0.15) is 0 Å². The number of carbonyl (C=O) groups excluding carboxylic acids is 2. The van der Waals surface area contributed by atoms with Crippen LogP contribution in [0.1, 0.15) is 39.1 Å². The molecular weight excluding hydrogens is 459 g/mol. The third-order valence-corrected chi connectivity index (χ3v) is 5.82. The first-order valence-electron chi connectivity index (χ1n) is 8.71. The van der Waals surface area contributed by atoms with Gasteiger partial charge < -0.3 is 4.90 Å². The van der Waals surface area contributed by atoms with Crippen molar-refractivity contribution in [2.45, 2.75) is 19.8 Å². The van der Waals surface area contributed by atoms with Crippen molar-refractivity contribution < 1.29 is 14.5 Å². The largest absolute Gasteiger partial charge is 0.339 e. The average Bonchev–Trinajstić information content (AvgIpc) is 2.68. The number of hydrogen-bond acceptors (Lipinski definition) is 4. The standard InChI is InChI=1S/C20H19IN2O4/c1-13-2-4-14(5-3-13)19(24)15-8-10-22(11-9-15)20(25)17-12-16(23(26)27)6-7-18(17)21/h2-7,12,15H,8-11H2,1H3. The first kappa shape index (κ1) is 19.5. The molecule has 0 aliphatic carbocycles. The summed E-state index contributed by atoms with van der Waals surface area (Å²) in [5.41, 5.74) is 2.06. The highest BCUT2D eigenvalue weighted by atomic mass is 127. The molecule has 27 heavy (non-hydrogen) atoms. The molecule has 3 rings (SSSR count). The number of aryl methyl sites for hydroxylation is 1. The van der Waals surface area contributed by atoms with Crippen molar-refractivity contribution in [1.29, 1.82) is 0 Å². The van der Waals surface area contributed by atoms with Crippen LogP contribution in [0.15, 0.2) is 42.5 Å². The van der Waals surface area contributed by atoms with Crippen LogP contribution in [-0.4, -0.2) is 34.6 Å². The molecule has 6 nitrogen and oxygen atoms in total. The number of ketones is 1. The van der Waals surface area contributed by atoms with Crippen LogP contribution in [0.3, 0.4) is 0 Å². The maximum atomic E-state index is 12.8. The highest BCUT2D eigenvalue weighted by molar-refractivity contribution is 14.1. The number of amides is 1. The Bertz CT molecular complexity index is 887. The van der Waals surface area contributed by atoms with Crippen molar-refractivity contribution in [1.82, 2.24) is 4.90 Å².